The van der Waals surface area contributed by atoms with Crippen molar-refractivity contribution in [1.82, 2.24) is 9.88 Å². The standard InChI is InChI=1S/C16H22N4O/c1-13-2-4-15(21-13)12-19-6-8-20(9-7-19)16-5-3-14(10-17)11-18-16/h3,5,11,13,15H,2,4,6-9,12H2,1H3. The Kier molecular flexibility index (Phi) is 4.37. The smallest absolute Gasteiger partial charge is 0.128 e. The number of aromatic nitrogens is 1. The van der Waals surface area contributed by atoms with E-state index in [9.17, 15) is 0 Å². The number of nitriles is 1. The highest BCUT2D eigenvalue weighted by atomic mass is 16.5. The molecular formula is C16H22N4O. The first-order chi connectivity index (χ1) is 10.2. The molecule has 112 valence electrons. The maximum absolute atomic E-state index is 8.81. The summed E-state index contributed by atoms with van der Waals surface area (Å²) >= 11 is 0. The van der Waals surface area contributed by atoms with E-state index in [0.29, 0.717) is 17.8 Å². The van der Waals surface area contributed by atoms with Gasteiger partial charge >= 0.3 is 0 Å². The maximum Gasteiger partial charge on any atom is 0.128 e. The third kappa shape index (κ3) is 3.52. The Hall–Kier alpha value is -1.64. The van der Waals surface area contributed by atoms with Gasteiger partial charge in [0.25, 0.3) is 0 Å². The van der Waals surface area contributed by atoms with Crippen LogP contribution in [0.3, 0.4) is 0 Å². The molecule has 2 fully saturated rings. The van der Waals surface area contributed by atoms with Crippen LogP contribution in [-0.4, -0.2) is 54.8 Å². The molecule has 0 radical (unpaired) electrons. The van der Waals surface area contributed by atoms with E-state index in [0.717, 1.165) is 38.5 Å². The molecule has 1 aromatic heterocycles. The van der Waals surface area contributed by atoms with Crippen LogP contribution < -0.4 is 4.90 Å². The van der Waals surface area contributed by atoms with Gasteiger partial charge in [-0.3, -0.25) is 4.90 Å². The molecule has 0 N–H and O–H groups in total. The van der Waals surface area contributed by atoms with Crippen LogP contribution in [0.2, 0.25) is 0 Å². The minimum absolute atomic E-state index is 0.416. The molecular weight excluding hydrogens is 264 g/mol. The predicted octanol–water partition coefficient (Wildman–Crippen LogP) is 1.64. The molecule has 2 saturated heterocycles. The molecule has 0 bridgehead atoms. The summed E-state index contributed by atoms with van der Waals surface area (Å²) in [6.45, 7) is 7.29. The van der Waals surface area contributed by atoms with Crippen molar-refractivity contribution in [2.45, 2.75) is 32.0 Å². The predicted molar refractivity (Wildman–Crippen MR) is 81.2 cm³/mol. The van der Waals surface area contributed by atoms with Gasteiger partial charge < -0.3 is 9.64 Å². The van der Waals surface area contributed by atoms with Crippen LogP contribution in [0, 0.1) is 11.3 Å². The molecule has 0 amide bonds. The fourth-order valence-corrected chi connectivity index (χ4v) is 3.11. The topological polar surface area (TPSA) is 52.4 Å². The van der Waals surface area contributed by atoms with Crippen molar-refractivity contribution >= 4 is 5.82 Å². The van der Waals surface area contributed by atoms with Gasteiger partial charge in [-0.1, -0.05) is 0 Å². The van der Waals surface area contributed by atoms with Gasteiger partial charge in [-0.05, 0) is 31.9 Å². The van der Waals surface area contributed by atoms with Gasteiger partial charge in [-0.2, -0.15) is 5.26 Å². The number of nitrogens with zero attached hydrogens (tertiary/aromatic N) is 4. The fraction of sp³-hybridized carbons (Fsp3) is 0.625. The van der Waals surface area contributed by atoms with Gasteiger partial charge in [0.15, 0.2) is 0 Å². The fourth-order valence-electron chi connectivity index (χ4n) is 3.11. The molecule has 3 rings (SSSR count). The summed E-state index contributed by atoms with van der Waals surface area (Å²) in [5.74, 6) is 0.972. The van der Waals surface area contributed by atoms with Crippen LogP contribution >= 0.6 is 0 Å². The number of pyridine rings is 1. The minimum Gasteiger partial charge on any atom is -0.374 e. The van der Waals surface area contributed by atoms with Gasteiger partial charge in [0, 0.05) is 38.9 Å². The lowest BCUT2D eigenvalue weighted by Gasteiger charge is -2.36. The van der Waals surface area contributed by atoms with Crippen LogP contribution in [0.15, 0.2) is 18.3 Å². The Morgan fingerprint density at radius 2 is 2.10 bits per heavy atom. The first-order valence-electron chi connectivity index (χ1n) is 7.73. The Morgan fingerprint density at radius 3 is 2.67 bits per heavy atom. The van der Waals surface area contributed by atoms with E-state index in [4.69, 9.17) is 10.00 Å². The average molecular weight is 286 g/mol. The second-order valence-corrected chi connectivity index (χ2v) is 5.95. The molecule has 1 aromatic rings. The third-order valence-corrected chi connectivity index (χ3v) is 4.36. The highest BCUT2D eigenvalue weighted by Gasteiger charge is 2.26. The molecule has 21 heavy (non-hydrogen) atoms. The Balaban J connectivity index is 1.49. The lowest BCUT2D eigenvalue weighted by molar-refractivity contribution is 0.0303. The summed E-state index contributed by atoms with van der Waals surface area (Å²) in [7, 11) is 0. The molecule has 0 spiro atoms. The number of hydrogen-bond donors (Lipinski definition) is 0. The zero-order valence-electron chi connectivity index (χ0n) is 12.5. The van der Waals surface area contributed by atoms with Crippen LogP contribution in [0.1, 0.15) is 25.3 Å². The monoisotopic (exact) mass is 286 g/mol. The van der Waals surface area contributed by atoms with Crippen LogP contribution in [0.5, 0.6) is 0 Å². The zero-order chi connectivity index (χ0) is 14.7. The van der Waals surface area contributed by atoms with Gasteiger partial charge in [0.2, 0.25) is 0 Å². The van der Waals surface area contributed by atoms with E-state index < -0.39 is 0 Å². The van der Waals surface area contributed by atoms with Crippen molar-refractivity contribution in [1.29, 1.82) is 5.26 Å². The third-order valence-electron chi connectivity index (χ3n) is 4.36. The van der Waals surface area contributed by atoms with Gasteiger partial charge in [0.05, 0.1) is 17.8 Å². The van der Waals surface area contributed by atoms with Crippen LogP contribution in [0.25, 0.3) is 0 Å². The number of ether oxygens (including phenoxy) is 1. The van der Waals surface area contributed by atoms with Crippen molar-refractivity contribution in [3.05, 3.63) is 23.9 Å². The number of piperazine rings is 1. The van der Waals surface area contributed by atoms with E-state index in [1.54, 1.807) is 6.20 Å². The maximum atomic E-state index is 8.81. The summed E-state index contributed by atoms with van der Waals surface area (Å²) in [4.78, 5) is 9.15. The van der Waals surface area contributed by atoms with Crippen LogP contribution in [-0.2, 0) is 4.74 Å². The molecule has 0 aromatic carbocycles. The molecule has 3 heterocycles. The first-order valence-corrected chi connectivity index (χ1v) is 7.73. The number of hydrogen-bond acceptors (Lipinski definition) is 5. The second kappa shape index (κ2) is 6.42. The molecule has 5 nitrogen and oxygen atoms in total. The average Bonchev–Trinajstić information content (AvgIpc) is 2.93. The number of rotatable bonds is 3. The zero-order valence-corrected chi connectivity index (χ0v) is 12.5. The van der Waals surface area contributed by atoms with E-state index in [2.05, 4.69) is 27.8 Å². The van der Waals surface area contributed by atoms with Gasteiger partial charge in [0.1, 0.15) is 11.9 Å². The Morgan fingerprint density at radius 1 is 1.29 bits per heavy atom. The molecule has 2 atom stereocenters. The summed E-state index contributed by atoms with van der Waals surface area (Å²) in [5.41, 5.74) is 0.616. The van der Waals surface area contributed by atoms with Crippen molar-refractivity contribution in [2.75, 3.05) is 37.6 Å². The summed E-state index contributed by atoms with van der Waals surface area (Å²) in [6.07, 6.45) is 4.88. The van der Waals surface area contributed by atoms with Gasteiger partial charge in [-0.25, -0.2) is 4.98 Å². The van der Waals surface area contributed by atoms with E-state index in [1.165, 1.54) is 12.8 Å². The summed E-state index contributed by atoms with van der Waals surface area (Å²) in [5, 5.41) is 8.81. The van der Waals surface area contributed by atoms with Crippen LogP contribution in [0.4, 0.5) is 5.82 Å². The molecule has 5 heteroatoms. The highest BCUT2D eigenvalue weighted by molar-refractivity contribution is 5.42. The van der Waals surface area contributed by atoms with E-state index in [-0.39, 0.29) is 0 Å². The minimum atomic E-state index is 0.416. The molecule has 2 aliphatic rings. The Bertz CT molecular complexity index is 502. The molecule has 0 aliphatic carbocycles. The van der Waals surface area contributed by atoms with Crippen molar-refractivity contribution in [3.63, 3.8) is 0 Å². The number of anilines is 1. The van der Waals surface area contributed by atoms with E-state index >= 15 is 0 Å². The molecule has 0 saturated carbocycles. The Labute approximate surface area is 126 Å². The molecule has 2 unspecified atom stereocenters. The lowest BCUT2D eigenvalue weighted by Crippen LogP contribution is -2.48. The first kappa shape index (κ1) is 14.3. The summed E-state index contributed by atoms with van der Waals surface area (Å²) < 4.78 is 5.90. The quantitative estimate of drug-likeness (QED) is 0.845. The summed E-state index contributed by atoms with van der Waals surface area (Å²) in [6, 6.07) is 5.88. The van der Waals surface area contributed by atoms with Crippen molar-refractivity contribution in [2.24, 2.45) is 0 Å². The van der Waals surface area contributed by atoms with Crippen molar-refractivity contribution < 1.29 is 4.74 Å². The van der Waals surface area contributed by atoms with E-state index in [1.807, 2.05) is 12.1 Å². The SMILES string of the molecule is CC1CCC(CN2CCN(c3ccc(C#N)cn3)CC2)O1. The molecule has 2 aliphatic heterocycles. The normalized spacial score (nSPS) is 26.8. The highest BCUT2D eigenvalue weighted by Crippen LogP contribution is 2.21. The van der Waals surface area contributed by atoms with Gasteiger partial charge in [-0.15, -0.1) is 0 Å². The van der Waals surface area contributed by atoms with Crippen molar-refractivity contribution in [3.8, 4) is 6.07 Å². The second-order valence-electron chi connectivity index (χ2n) is 5.95. The largest absolute Gasteiger partial charge is 0.374 e. The lowest BCUT2D eigenvalue weighted by atomic mass is 10.2.